The lowest BCUT2D eigenvalue weighted by Crippen LogP contribution is -2.61. The fourth-order valence-corrected chi connectivity index (χ4v) is 4.01. The second kappa shape index (κ2) is 5.52. The molecule has 0 saturated carbocycles. The molecule has 2 atom stereocenters. The van der Waals surface area contributed by atoms with Gasteiger partial charge in [0.25, 0.3) is 0 Å². The van der Waals surface area contributed by atoms with Crippen molar-refractivity contribution >= 4 is 5.91 Å². The van der Waals surface area contributed by atoms with Crippen molar-refractivity contribution in [2.75, 3.05) is 6.54 Å². The Morgan fingerprint density at radius 3 is 2.85 bits per heavy atom. The van der Waals surface area contributed by atoms with E-state index >= 15 is 0 Å². The number of amides is 1. The van der Waals surface area contributed by atoms with E-state index in [4.69, 9.17) is 0 Å². The highest BCUT2D eigenvalue weighted by Crippen LogP contribution is 2.37. The van der Waals surface area contributed by atoms with Crippen LogP contribution in [0, 0.1) is 0 Å². The first-order chi connectivity index (χ1) is 9.73. The van der Waals surface area contributed by atoms with E-state index in [0.29, 0.717) is 12.5 Å². The van der Waals surface area contributed by atoms with E-state index in [1.165, 1.54) is 12.0 Å². The smallest absolute Gasteiger partial charge is 0.220 e. The zero-order valence-corrected chi connectivity index (χ0v) is 12.1. The fraction of sp³-hybridized carbons (Fsp3) is 0.625. The number of nitrogens with one attached hydrogen (secondary N) is 1. The summed E-state index contributed by atoms with van der Waals surface area (Å²) >= 11 is 0. The largest absolute Gasteiger partial charge is 0.349 e. The molecule has 2 aliphatic rings. The molecule has 1 aromatic rings. The third kappa shape index (κ3) is 2.44. The highest BCUT2D eigenvalue weighted by atomic mass is 16.2. The van der Waals surface area contributed by atoms with Crippen molar-refractivity contribution in [3.63, 3.8) is 0 Å². The third-order valence-electron chi connectivity index (χ3n) is 4.86. The van der Waals surface area contributed by atoms with Crippen LogP contribution in [0.4, 0.5) is 0 Å². The average molecular weight is 273 g/mol. The Hall–Kier alpha value is -1.42. The molecule has 1 N–H and O–H groups in total. The van der Waals surface area contributed by atoms with Crippen LogP contribution in [0.2, 0.25) is 0 Å². The van der Waals surface area contributed by atoms with Gasteiger partial charge in [0.1, 0.15) is 0 Å². The van der Waals surface area contributed by atoms with Gasteiger partial charge in [0.15, 0.2) is 0 Å². The summed E-state index contributed by atoms with van der Waals surface area (Å²) in [5.74, 6) is 0.231. The standard InChI is InChI=1S/C16H23N3O/c1-2-14-16(8-4-15(20)18-16)7-3-11-19(14)12-13-5-9-17-10-6-13/h5-6,9-10,14H,2-4,7-8,11-12H2,1H3,(H,18,20)/t14-,16-/m0/s1. The SMILES string of the molecule is CC[C@@H]1N(Cc2ccncc2)CCC[C@]12CCC(=O)N2. The highest BCUT2D eigenvalue weighted by molar-refractivity contribution is 5.79. The molecule has 0 unspecified atom stereocenters. The highest BCUT2D eigenvalue weighted by Gasteiger charge is 2.47. The van der Waals surface area contributed by atoms with Crippen molar-refractivity contribution in [1.29, 1.82) is 0 Å². The third-order valence-corrected chi connectivity index (χ3v) is 4.86. The molecule has 2 fully saturated rings. The molecule has 1 spiro atoms. The number of aromatic nitrogens is 1. The lowest BCUT2D eigenvalue weighted by molar-refractivity contribution is -0.120. The Labute approximate surface area is 120 Å². The van der Waals surface area contributed by atoms with Crippen molar-refractivity contribution in [1.82, 2.24) is 15.2 Å². The van der Waals surface area contributed by atoms with Crippen molar-refractivity contribution in [3.05, 3.63) is 30.1 Å². The van der Waals surface area contributed by atoms with Gasteiger partial charge in [-0.05, 0) is 49.9 Å². The van der Waals surface area contributed by atoms with Crippen molar-refractivity contribution in [3.8, 4) is 0 Å². The summed E-state index contributed by atoms with van der Waals surface area (Å²) in [6, 6.07) is 4.62. The predicted octanol–water partition coefficient (Wildman–Crippen LogP) is 2.10. The maximum atomic E-state index is 11.7. The molecule has 0 aliphatic carbocycles. The minimum Gasteiger partial charge on any atom is -0.349 e. The summed E-state index contributed by atoms with van der Waals surface area (Å²) in [5.41, 5.74) is 1.33. The van der Waals surface area contributed by atoms with Crippen LogP contribution >= 0.6 is 0 Å². The Kier molecular flexibility index (Phi) is 3.74. The van der Waals surface area contributed by atoms with Crippen molar-refractivity contribution in [2.45, 2.75) is 57.2 Å². The number of rotatable bonds is 3. The summed E-state index contributed by atoms with van der Waals surface area (Å²) in [6.45, 7) is 4.32. The summed E-state index contributed by atoms with van der Waals surface area (Å²) in [6.07, 6.45) is 8.79. The normalized spacial score (nSPS) is 30.6. The van der Waals surface area contributed by atoms with E-state index < -0.39 is 0 Å². The fourth-order valence-electron chi connectivity index (χ4n) is 4.01. The van der Waals surface area contributed by atoms with Gasteiger partial charge in [0.2, 0.25) is 5.91 Å². The number of likely N-dealkylation sites (tertiary alicyclic amines) is 1. The number of carbonyl (C=O) groups is 1. The van der Waals surface area contributed by atoms with E-state index in [-0.39, 0.29) is 11.4 Å². The Morgan fingerprint density at radius 2 is 2.20 bits per heavy atom. The topological polar surface area (TPSA) is 45.2 Å². The quantitative estimate of drug-likeness (QED) is 0.917. The molecular formula is C16H23N3O. The number of hydrogen-bond acceptors (Lipinski definition) is 3. The first kappa shape index (κ1) is 13.6. The minimum atomic E-state index is 0.0249. The molecule has 2 saturated heterocycles. The summed E-state index contributed by atoms with van der Waals surface area (Å²) < 4.78 is 0. The number of piperidine rings is 1. The van der Waals surface area contributed by atoms with E-state index in [2.05, 4.69) is 34.3 Å². The van der Waals surface area contributed by atoms with Crippen LogP contribution in [0.5, 0.6) is 0 Å². The average Bonchev–Trinajstić information content (AvgIpc) is 2.82. The molecule has 0 bridgehead atoms. The zero-order chi connectivity index (χ0) is 14.0. The summed E-state index contributed by atoms with van der Waals surface area (Å²) in [5, 5.41) is 3.29. The van der Waals surface area contributed by atoms with Gasteiger partial charge < -0.3 is 5.32 Å². The van der Waals surface area contributed by atoms with E-state index in [0.717, 1.165) is 32.4 Å². The van der Waals surface area contributed by atoms with Crippen molar-refractivity contribution in [2.24, 2.45) is 0 Å². The molecule has 3 rings (SSSR count). The van der Waals surface area contributed by atoms with Gasteiger partial charge in [-0.25, -0.2) is 0 Å². The Bertz CT molecular complexity index is 476. The van der Waals surface area contributed by atoms with Crippen LogP contribution in [-0.2, 0) is 11.3 Å². The molecule has 108 valence electrons. The van der Waals surface area contributed by atoms with Gasteiger partial charge in [-0.3, -0.25) is 14.7 Å². The second-order valence-electron chi connectivity index (χ2n) is 6.06. The number of nitrogens with zero attached hydrogens (tertiary/aromatic N) is 2. The second-order valence-corrected chi connectivity index (χ2v) is 6.06. The molecule has 4 nitrogen and oxygen atoms in total. The van der Waals surface area contributed by atoms with Crippen LogP contribution in [0.1, 0.15) is 44.6 Å². The maximum absolute atomic E-state index is 11.7. The van der Waals surface area contributed by atoms with E-state index in [1.807, 2.05) is 12.4 Å². The molecule has 0 aromatic carbocycles. The van der Waals surface area contributed by atoms with E-state index in [9.17, 15) is 4.79 Å². The first-order valence-electron chi connectivity index (χ1n) is 7.67. The lowest BCUT2D eigenvalue weighted by atomic mass is 9.78. The van der Waals surface area contributed by atoms with Crippen LogP contribution in [0.25, 0.3) is 0 Å². The molecule has 1 aromatic heterocycles. The number of pyridine rings is 1. The molecule has 1 amide bonds. The Balaban J connectivity index is 1.78. The van der Waals surface area contributed by atoms with Crippen molar-refractivity contribution < 1.29 is 4.79 Å². The van der Waals surface area contributed by atoms with Crippen LogP contribution in [0.15, 0.2) is 24.5 Å². The molecule has 0 radical (unpaired) electrons. The zero-order valence-electron chi connectivity index (χ0n) is 12.1. The maximum Gasteiger partial charge on any atom is 0.220 e. The molecule has 4 heteroatoms. The van der Waals surface area contributed by atoms with Gasteiger partial charge in [-0.2, -0.15) is 0 Å². The van der Waals surface area contributed by atoms with Crippen LogP contribution in [-0.4, -0.2) is 33.9 Å². The van der Waals surface area contributed by atoms with Crippen LogP contribution in [0.3, 0.4) is 0 Å². The van der Waals surface area contributed by atoms with Gasteiger partial charge in [-0.1, -0.05) is 6.92 Å². The van der Waals surface area contributed by atoms with Gasteiger partial charge in [0.05, 0.1) is 5.54 Å². The Morgan fingerprint density at radius 1 is 1.40 bits per heavy atom. The predicted molar refractivity (Wildman–Crippen MR) is 78.1 cm³/mol. The monoisotopic (exact) mass is 273 g/mol. The van der Waals surface area contributed by atoms with Gasteiger partial charge in [-0.15, -0.1) is 0 Å². The van der Waals surface area contributed by atoms with Gasteiger partial charge in [0, 0.05) is 31.4 Å². The molecule has 20 heavy (non-hydrogen) atoms. The molecular weight excluding hydrogens is 250 g/mol. The lowest BCUT2D eigenvalue weighted by Gasteiger charge is -2.48. The summed E-state index contributed by atoms with van der Waals surface area (Å²) in [7, 11) is 0. The van der Waals surface area contributed by atoms with E-state index in [1.54, 1.807) is 0 Å². The summed E-state index contributed by atoms with van der Waals surface area (Å²) in [4.78, 5) is 18.3. The first-order valence-corrected chi connectivity index (χ1v) is 7.67. The van der Waals surface area contributed by atoms with Gasteiger partial charge >= 0.3 is 0 Å². The molecule has 2 aliphatic heterocycles. The number of hydrogen-bond donors (Lipinski definition) is 1. The van der Waals surface area contributed by atoms with Crippen LogP contribution < -0.4 is 5.32 Å². The molecule has 3 heterocycles. The number of carbonyl (C=O) groups excluding carboxylic acids is 1. The minimum absolute atomic E-state index is 0.0249.